The van der Waals surface area contributed by atoms with E-state index in [0.717, 1.165) is 5.52 Å². The second-order valence-corrected chi connectivity index (χ2v) is 11.1. The SMILES string of the molecule is c1ccc2c(c1)-c1ccccc1-c1cccc(-c3ccc4c5ccccc5c5cccnc5c4c3)c1-c1ccccc1-2. The van der Waals surface area contributed by atoms with Crippen LogP contribution in [0.15, 0.2) is 152 Å². The Morgan fingerprint density at radius 1 is 0.310 bits per heavy atom. The fourth-order valence-electron chi connectivity index (χ4n) is 7.08. The van der Waals surface area contributed by atoms with Crippen molar-refractivity contribution in [3.05, 3.63) is 152 Å². The molecule has 1 nitrogen and oxygen atoms in total. The van der Waals surface area contributed by atoms with Crippen molar-refractivity contribution in [2.75, 3.05) is 0 Å². The van der Waals surface area contributed by atoms with Gasteiger partial charge < -0.3 is 0 Å². The predicted molar refractivity (Wildman–Crippen MR) is 177 cm³/mol. The highest BCUT2D eigenvalue weighted by Crippen LogP contribution is 2.50. The van der Waals surface area contributed by atoms with Crippen LogP contribution in [0.3, 0.4) is 0 Å². The lowest BCUT2D eigenvalue weighted by Gasteiger charge is -2.25. The average Bonchev–Trinajstić information content (AvgIpc) is 3.07. The van der Waals surface area contributed by atoms with Crippen LogP contribution < -0.4 is 0 Å². The Labute approximate surface area is 244 Å². The fraction of sp³-hybridized carbons (Fsp3) is 0. The van der Waals surface area contributed by atoms with Crippen molar-refractivity contribution in [1.29, 1.82) is 0 Å². The number of fused-ring (bicyclic) bond motifs is 14. The molecule has 1 aliphatic rings. The van der Waals surface area contributed by atoms with E-state index < -0.39 is 0 Å². The lowest BCUT2D eigenvalue weighted by atomic mass is 9.78. The maximum Gasteiger partial charge on any atom is 0.0786 e. The van der Waals surface area contributed by atoms with Crippen LogP contribution in [0.2, 0.25) is 0 Å². The van der Waals surface area contributed by atoms with Crippen molar-refractivity contribution < 1.29 is 0 Å². The third kappa shape index (κ3) is 3.28. The predicted octanol–water partition coefficient (Wildman–Crippen LogP) is 11.2. The molecule has 0 fully saturated rings. The largest absolute Gasteiger partial charge is 0.256 e. The summed E-state index contributed by atoms with van der Waals surface area (Å²) in [5.74, 6) is 0. The summed E-state index contributed by atoms with van der Waals surface area (Å²) in [4.78, 5) is 4.90. The summed E-state index contributed by atoms with van der Waals surface area (Å²) in [7, 11) is 0. The lowest BCUT2D eigenvalue weighted by Crippen LogP contribution is -1.98. The molecule has 9 rings (SSSR count). The van der Waals surface area contributed by atoms with Gasteiger partial charge in [0.1, 0.15) is 0 Å². The Morgan fingerprint density at radius 3 is 1.48 bits per heavy atom. The molecular weight excluding hydrogens is 506 g/mol. The second-order valence-electron chi connectivity index (χ2n) is 11.1. The molecule has 1 aliphatic carbocycles. The number of hydrogen-bond acceptors (Lipinski definition) is 1. The van der Waals surface area contributed by atoms with Gasteiger partial charge in [0.2, 0.25) is 0 Å². The summed E-state index contributed by atoms with van der Waals surface area (Å²) < 4.78 is 0. The Hall–Kier alpha value is -5.53. The van der Waals surface area contributed by atoms with Crippen LogP contribution in [-0.2, 0) is 0 Å². The van der Waals surface area contributed by atoms with E-state index in [4.69, 9.17) is 4.98 Å². The maximum absolute atomic E-state index is 4.90. The summed E-state index contributed by atoms with van der Waals surface area (Å²) in [6.07, 6.45) is 1.91. The zero-order valence-electron chi connectivity index (χ0n) is 22.9. The Balaban J connectivity index is 1.40. The quantitative estimate of drug-likeness (QED) is 0.192. The lowest BCUT2D eigenvalue weighted by molar-refractivity contribution is 1.43. The van der Waals surface area contributed by atoms with Crippen molar-refractivity contribution in [3.63, 3.8) is 0 Å². The minimum absolute atomic E-state index is 1.05. The molecule has 0 radical (unpaired) electrons. The topological polar surface area (TPSA) is 12.9 Å². The van der Waals surface area contributed by atoms with Crippen molar-refractivity contribution in [3.8, 4) is 55.6 Å². The molecule has 7 aromatic carbocycles. The molecule has 1 heteroatoms. The molecule has 0 unspecified atom stereocenters. The maximum atomic E-state index is 4.90. The number of rotatable bonds is 1. The molecule has 0 amide bonds. The van der Waals surface area contributed by atoms with E-state index in [-0.39, 0.29) is 0 Å². The fourth-order valence-corrected chi connectivity index (χ4v) is 7.08. The van der Waals surface area contributed by atoms with Crippen LogP contribution in [0.1, 0.15) is 0 Å². The van der Waals surface area contributed by atoms with Crippen LogP contribution in [0.4, 0.5) is 0 Å². The molecule has 0 N–H and O–H groups in total. The van der Waals surface area contributed by atoms with Gasteiger partial charge >= 0.3 is 0 Å². The van der Waals surface area contributed by atoms with Gasteiger partial charge in [-0.3, -0.25) is 4.98 Å². The molecule has 194 valence electrons. The van der Waals surface area contributed by atoms with Crippen molar-refractivity contribution in [1.82, 2.24) is 4.98 Å². The van der Waals surface area contributed by atoms with Gasteiger partial charge in [0.15, 0.2) is 0 Å². The molecule has 0 aliphatic heterocycles. The first kappa shape index (κ1) is 23.2. The van der Waals surface area contributed by atoms with Crippen LogP contribution in [0, 0.1) is 0 Å². The van der Waals surface area contributed by atoms with Crippen molar-refractivity contribution in [2.24, 2.45) is 0 Å². The first-order valence-electron chi connectivity index (χ1n) is 14.5. The van der Waals surface area contributed by atoms with E-state index in [1.807, 2.05) is 12.3 Å². The number of pyridine rings is 1. The molecule has 8 aromatic rings. The summed E-state index contributed by atoms with van der Waals surface area (Å²) >= 11 is 0. The minimum atomic E-state index is 1.05. The first-order valence-corrected chi connectivity index (χ1v) is 14.5. The summed E-state index contributed by atoms with van der Waals surface area (Å²) in [5.41, 5.74) is 13.6. The number of hydrogen-bond donors (Lipinski definition) is 0. The molecule has 0 saturated heterocycles. The van der Waals surface area contributed by atoms with Crippen molar-refractivity contribution in [2.45, 2.75) is 0 Å². The van der Waals surface area contributed by atoms with Crippen LogP contribution >= 0.6 is 0 Å². The van der Waals surface area contributed by atoms with Gasteiger partial charge in [0, 0.05) is 17.0 Å². The smallest absolute Gasteiger partial charge is 0.0786 e. The van der Waals surface area contributed by atoms with Gasteiger partial charge in [-0.15, -0.1) is 0 Å². The van der Waals surface area contributed by atoms with Gasteiger partial charge in [0.25, 0.3) is 0 Å². The average molecular weight is 532 g/mol. The number of nitrogens with zero attached hydrogens (tertiary/aromatic N) is 1. The highest BCUT2D eigenvalue weighted by Gasteiger charge is 2.24. The molecule has 0 spiro atoms. The highest BCUT2D eigenvalue weighted by atomic mass is 14.6. The number of benzene rings is 7. The first-order chi connectivity index (χ1) is 20.9. The zero-order chi connectivity index (χ0) is 27.6. The molecule has 42 heavy (non-hydrogen) atoms. The van der Waals surface area contributed by atoms with Gasteiger partial charge in [-0.25, -0.2) is 0 Å². The van der Waals surface area contributed by atoms with E-state index in [1.54, 1.807) is 0 Å². The molecule has 0 atom stereocenters. The molecule has 1 aromatic heterocycles. The normalized spacial score (nSPS) is 11.8. The zero-order valence-corrected chi connectivity index (χ0v) is 22.9. The third-order valence-electron chi connectivity index (χ3n) is 8.89. The Morgan fingerprint density at radius 2 is 0.786 bits per heavy atom. The van der Waals surface area contributed by atoms with Gasteiger partial charge in [0.05, 0.1) is 5.52 Å². The van der Waals surface area contributed by atoms with Crippen LogP contribution in [0.5, 0.6) is 0 Å². The highest BCUT2D eigenvalue weighted by molar-refractivity contribution is 6.24. The van der Waals surface area contributed by atoms with Crippen molar-refractivity contribution >= 4 is 32.4 Å². The second kappa shape index (κ2) is 8.99. The van der Waals surface area contributed by atoms with Crippen LogP contribution in [-0.4, -0.2) is 4.98 Å². The van der Waals surface area contributed by atoms with E-state index >= 15 is 0 Å². The summed E-state index contributed by atoms with van der Waals surface area (Å²) in [5, 5.41) is 6.12. The summed E-state index contributed by atoms with van der Waals surface area (Å²) in [6, 6.07) is 53.2. The summed E-state index contributed by atoms with van der Waals surface area (Å²) in [6.45, 7) is 0. The Bertz CT molecular complexity index is 2320. The van der Waals surface area contributed by atoms with E-state index in [2.05, 4.69) is 140 Å². The molecule has 1 heterocycles. The van der Waals surface area contributed by atoms with Gasteiger partial charge in [-0.2, -0.15) is 0 Å². The third-order valence-corrected chi connectivity index (χ3v) is 8.89. The van der Waals surface area contributed by atoms with E-state index in [0.29, 0.717) is 0 Å². The molecule has 0 bridgehead atoms. The molecule has 0 saturated carbocycles. The van der Waals surface area contributed by atoms with E-state index in [1.165, 1.54) is 82.6 Å². The van der Waals surface area contributed by atoms with Crippen LogP contribution in [0.25, 0.3) is 88.1 Å². The monoisotopic (exact) mass is 531 g/mol. The number of aromatic nitrogens is 1. The van der Waals surface area contributed by atoms with E-state index in [9.17, 15) is 0 Å². The Kier molecular flexibility index (Phi) is 4.97. The van der Waals surface area contributed by atoms with Gasteiger partial charge in [-0.05, 0) is 83.9 Å². The standard InChI is InChI=1S/C41H25N/c1-2-12-29-28(11-1)30-13-3-5-15-33(30)37-20-9-19-27(40(37)36-18-8-7-16-32(29)36)26-22-23-35-31-14-4-6-17-34(31)38-21-10-24-42-41(38)39(35)25-26/h1-25H. The van der Waals surface area contributed by atoms with Gasteiger partial charge in [-0.1, -0.05) is 133 Å². The molecular formula is C41H25N. The minimum Gasteiger partial charge on any atom is -0.256 e.